The van der Waals surface area contributed by atoms with Crippen molar-refractivity contribution in [1.29, 1.82) is 0 Å². The number of ether oxygens (including phenoxy) is 2. The number of nitrogens with one attached hydrogen (secondary N) is 1. The van der Waals surface area contributed by atoms with Crippen molar-refractivity contribution in [3.8, 4) is 11.5 Å². The number of benzene rings is 1. The molecule has 1 aromatic carbocycles. The summed E-state index contributed by atoms with van der Waals surface area (Å²) in [4.78, 5) is 24.7. The molecule has 2 aromatic heterocycles. The lowest BCUT2D eigenvalue weighted by atomic mass is 10.3. The molecular formula is C18H20N6O4S. The van der Waals surface area contributed by atoms with E-state index in [-0.39, 0.29) is 23.6 Å². The van der Waals surface area contributed by atoms with E-state index in [0.29, 0.717) is 28.0 Å². The van der Waals surface area contributed by atoms with Crippen LogP contribution in [0.4, 0.5) is 5.69 Å². The summed E-state index contributed by atoms with van der Waals surface area (Å²) in [6.45, 7) is 0.00955. The van der Waals surface area contributed by atoms with E-state index < -0.39 is 0 Å². The fraction of sp³-hybridized carbons (Fsp3) is 0.278. The van der Waals surface area contributed by atoms with Crippen molar-refractivity contribution in [2.45, 2.75) is 17.5 Å². The number of methoxy groups -OCH3 is 2. The Hall–Kier alpha value is -3.34. The fourth-order valence-corrected chi connectivity index (χ4v) is 3.37. The highest BCUT2D eigenvalue weighted by Crippen LogP contribution is 2.20. The number of pyridine rings is 1. The molecule has 0 bridgehead atoms. The van der Waals surface area contributed by atoms with Crippen LogP contribution in [0.15, 0.2) is 46.5 Å². The van der Waals surface area contributed by atoms with Crippen LogP contribution >= 0.6 is 11.8 Å². The maximum absolute atomic E-state index is 12.5. The summed E-state index contributed by atoms with van der Waals surface area (Å²) in [6, 6.07) is 8.47. The van der Waals surface area contributed by atoms with E-state index in [2.05, 4.69) is 20.8 Å². The normalized spacial score (nSPS) is 10.6. The number of rotatable bonds is 8. The van der Waals surface area contributed by atoms with E-state index in [0.717, 1.165) is 0 Å². The highest BCUT2D eigenvalue weighted by molar-refractivity contribution is 7.98. The van der Waals surface area contributed by atoms with Crippen LogP contribution in [0.25, 0.3) is 0 Å². The van der Waals surface area contributed by atoms with Crippen LogP contribution in [-0.2, 0) is 24.1 Å². The van der Waals surface area contributed by atoms with Gasteiger partial charge in [-0.05, 0) is 34.7 Å². The summed E-state index contributed by atoms with van der Waals surface area (Å²) in [5, 5.41) is 14.7. The zero-order valence-electron chi connectivity index (χ0n) is 16.2. The van der Waals surface area contributed by atoms with Gasteiger partial charge in [-0.1, -0.05) is 11.8 Å². The number of hydrogen-bond donors (Lipinski definition) is 1. The van der Waals surface area contributed by atoms with Gasteiger partial charge in [0.15, 0.2) is 5.75 Å². The summed E-state index contributed by atoms with van der Waals surface area (Å²) in [6.07, 6.45) is 1.53. The number of thioether (sulfide) groups is 1. The Balaban J connectivity index is 1.77. The van der Waals surface area contributed by atoms with Crippen molar-refractivity contribution < 1.29 is 14.3 Å². The standard InChI is InChI=1S/C18H20N6O4S/c1-23-18(20-21-22-23)29-11-13-8-15(25)16(28-3)9-24(13)10-17(26)19-12-4-6-14(27-2)7-5-12/h4-9H,10-11H2,1-3H3,(H,19,26). The van der Waals surface area contributed by atoms with Crippen molar-refractivity contribution >= 4 is 23.4 Å². The minimum absolute atomic E-state index is 0.00955. The number of anilines is 1. The van der Waals surface area contributed by atoms with Gasteiger partial charge in [0.25, 0.3) is 0 Å². The molecule has 3 rings (SSSR count). The molecule has 0 fully saturated rings. The topological polar surface area (TPSA) is 113 Å². The molecule has 1 amide bonds. The fourth-order valence-electron chi connectivity index (χ4n) is 2.53. The van der Waals surface area contributed by atoms with Crippen molar-refractivity contribution in [3.63, 3.8) is 0 Å². The predicted molar refractivity (Wildman–Crippen MR) is 107 cm³/mol. The molecule has 3 aromatic rings. The van der Waals surface area contributed by atoms with E-state index in [1.54, 1.807) is 43.0 Å². The summed E-state index contributed by atoms with van der Waals surface area (Å²) >= 11 is 1.36. The smallest absolute Gasteiger partial charge is 0.244 e. The first kappa shape index (κ1) is 20.4. The molecular weight excluding hydrogens is 396 g/mol. The summed E-state index contributed by atoms with van der Waals surface area (Å²) < 4.78 is 13.4. The quantitative estimate of drug-likeness (QED) is 0.547. The SMILES string of the molecule is COc1ccc(NC(=O)Cn2cc(OC)c(=O)cc2CSc2nnnn2C)cc1. The Labute approximate surface area is 170 Å². The van der Waals surface area contributed by atoms with Gasteiger partial charge in [0.1, 0.15) is 12.3 Å². The van der Waals surface area contributed by atoms with Crippen LogP contribution in [-0.4, -0.2) is 44.9 Å². The van der Waals surface area contributed by atoms with Gasteiger partial charge in [0.2, 0.25) is 16.5 Å². The number of nitrogens with zero attached hydrogens (tertiary/aromatic N) is 5. The van der Waals surface area contributed by atoms with E-state index in [1.165, 1.54) is 35.8 Å². The van der Waals surface area contributed by atoms with Crippen LogP contribution in [0.2, 0.25) is 0 Å². The Morgan fingerprint density at radius 3 is 2.59 bits per heavy atom. The van der Waals surface area contributed by atoms with Crippen LogP contribution < -0.4 is 20.2 Å². The van der Waals surface area contributed by atoms with Crippen molar-refractivity contribution in [3.05, 3.63) is 52.4 Å². The van der Waals surface area contributed by atoms with Crippen LogP contribution in [0.5, 0.6) is 11.5 Å². The Bertz CT molecular complexity index is 1050. The zero-order valence-corrected chi connectivity index (χ0v) is 17.0. The first-order valence-corrected chi connectivity index (χ1v) is 9.55. The molecule has 152 valence electrons. The van der Waals surface area contributed by atoms with Gasteiger partial charge in [-0.2, -0.15) is 0 Å². The zero-order chi connectivity index (χ0) is 20.8. The van der Waals surface area contributed by atoms with Crippen LogP contribution in [0.3, 0.4) is 0 Å². The van der Waals surface area contributed by atoms with Gasteiger partial charge in [-0.3, -0.25) is 9.59 Å². The summed E-state index contributed by atoms with van der Waals surface area (Å²) in [5.41, 5.74) is 1.03. The first-order valence-electron chi connectivity index (χ1n) is 8.56. The molecule has 11 heteroatoms. The van der Waals surface area contributed by atoms with Gasteiger partial charge in [0, 0.05) is 30.2 Å². The van der Waals surface area contributed by atoms with Crippen molar-refractivity contribution in [2.24, 2.45) is 7.05 Å². The first-order chi connectivity index (χ1) is 14.0. The van der Waals surface area contributed by atoms with Crippen molar-refractivity contribution in [1.82, 2.24) is 24.8 Å². The number of carbonyl (C=O) groups is 1. The molecule has 29 heavy (non-hydrogen) atoms. The third-order valence-electron chi connectivity index (χ3n) is 4.02. The molecule has 10 nitrogen and oxygen atoms in total. The molecule has 0 aliphatic rings. The number of tetrazole rings is 1. The highest BCUT2D eigenvalue weighted by Gasteiger charge is 2.13. The third kappa shape index (κ3) is 5.13. The number of aryl methyl sites for hydroxylation is 1. The average Bonchev–Trinajstić information content (AvgIpc) is 3.13. The second-order valence-corrected chi connectivity index (χ2v) is 6.92. The van der Waals surface area contributed by atoms with Crippen LogP contribution in [0, 0.1) is 0 Å². The van der Waals surface area contributed by atoms with Crippen LogP contribution in [0.1, 0.15) is 5.69 Å². The molecule has 0 aliphatic heterocycles. The minimum Gasteiger partial charge on any atom is -0.497 e. The predicted octanol–water partition coefficient (Wildman–Crippen LogP) is 1.32. The average molecular weight is 416 g/mol. The monoisotopic (exact) mass is 416 g/mol. The Kier molecular flexibility index (Phi) is 6.50. The maximum Gasteiger partial charge on any atom is 0.244 e. The maximum atomic E-state index is 12.5. The molecule has 1 N–H and O–H groups in total. The number of amides is 1. The Morgan fingerprint density at radius 1 is 1.21 bits per heavy atom. The summed E-state index contributed by atoms with van der Waals surface area (Å²) in [7, 11) is 4.72. The molecule has 0 unspecified atom stereocenters. The van der Waals surface area contributed by atoms with Gasteiger partial charge < -0.3 is 19.4 Å². The van der Waals surface area contributed by atoms with Gasteiger partial charge in [-0.15, -0.1) is 5.10 Å². The van der Waals surface area contributed by atoms with E-state index in [4.69, 9.17) is 9.47 Å². The lowest BCUT2D eigenvalue weighted by Gasteiger charge is -2.14. The Morgan fingerprint density at radius 2 is 1.97 bits per heavy atom. The van der Waals surface area contributed by atoms with Gasteiger partial charge >= 0.3 is 0 Å². The third-order valence-corrected chi connectivity index (χ3v) is 5.06. The second kappa shape index (κ2) is 9.24. The largest absolute Gasteiger partial charge is 0.497 e. The highest BCUT2D eigenvalue weighted by atomic mass is 32.2. The van der Waals surface area contributed by atoms with Crippen molar-refractivity contribution in [2.75, 3.05) is 19.5 Å². The molecule has 0 radical (unpaired) electrons. The lowest BCUT2D eigenvalue weighted by molar-refractivity contribution is -0.116. The van der Waals surface area contributed by atoms with Gasteiger partial charge in [0.05, 0.1) is 20.4 Å². The number of carbonyl (C=O) groups excluding carboxylic acids is 1. The molecule has 0 atom stereocenters. The van der Waals surface area contributed by atoms with E-state index in [9.17, 15) is 9.59 Å². The molecule has 0 saturated carbocycles. The van der Waals surface area contributed by atoms with Gasteiger partial charge in [-0.25, -0.2) is 4.68 Å². The minimum atomic E-state index is -0.258. The molecule has 2 heterocycles. The lowest BCUT2D eigenvalue weighted by Crippen LogP contribution is -2.22. The van der Waals surface area contributed by atoms with E-state index in [1.807, 2.05) is 0 Å². The summed E-state index contributed by atoms with van der Waals surface area (Å²) in [5.74, 6) is 1.03. The molecule has 0 saturated heterocycles. The van der Waals surface area contributed by atoms with E-state index >= 15 is 0 Å². The molecule has 0 aliphatic carbocycles. The number of aromatic nitrogens is 5. The second-order valence-electron chi connectivity index (χ2n) is 5.98. The molecule has 0 spiro atoms. The number of hydrogen-bond acceptors (Lipinski definition) is 8.